The van der Waals surface area contributed by atoms with Crippen molar-refractivity contribution < 1.29 is 18.8 Å². The molecule has 4 rings (SSSR count). The highest BCUT2D eigenvalue weighted by Crippen LogP contribution is 2.23. The molecule has 0 bridgehead atoms. The summed E-state index contributed by atoms with van der Waals surface area (Å²) in [6, 6.07) is 11.3. The predicted octanol–water partition coefficient (Wildman–Crippen LogP) is 3.15. The maximum atomic E-state index is 12.7. The van der Waals surface area contributed by atoms with E-state index in [9.17, 15) is 9.59 Å². The molecule has 7 heteroatoms. The molecule has 1 aromatic carbocycles. The molecule has 0 aliphatic carbocycles. The monoisotopic (exact) mass is 397 g/mol. The van der Waals surface area contributed by atoms with E-state index in [4.69, 9.17) is 9.25 Å². The molecule has 2 aliphatic rings. The Morgan fingerprint density at radius 3 is 2.69 bits per heavy atom. The minimum atomic E-state index is -0.180. The summed E-state index contributed by atoms with van der Waals surface area (Å²) < 4.78 is 5.39. The van der Waals surface area contributed by atoms with Crippen LogP contribution in [0, 0.1) is 5.92 Å². The largest absolute Gasteiger partial charge is 0.464 e. The second kappa shape index (κ2) is 9.24. The van der Waals surface area contributed by atoms with Gasteiger partial charge in [0.15, 0.2) is 0 Å². The van der Waals surface area contributed by atoms with Crippen LogP contribution in [-0.4, -0.2) is 54.6 Å². The Labute approximate surface area is 170 Å². The normalized spacial score (nSPS) is 20.0. The molecule has 2 amide bonds. The number of anilines is 1. The van der Waals surface area contributed by atoms with Crippen LogP contribution in [-0.2, 0) is 14.4 Å². The first kappa shape index (κ1) is 19.7. The van der Waals surface area contributed by atoms with Crippen LogP contribution in [0.25, 0.3) is 11.3 Å². The highest BCUT2D eigenvalue weighted by molar-refractivity contribution is 5.93. The number of benzene rings is 1. The second-order valence-electron chi connectivity index (χ2n) is 7.59. The molecule has 7 nitrogen and oxygen atoms in total. The van der Waals surface area contributed by atoms with Crippen molar-refractivity contribution in [2.45, 2.75) is 25.7 Å². The van der Waals surface area contributed by atoms with Crippen LogP contribution >= 0.6 is 0 Å². The van der Waals surface area contributed by atoms with Crippen molar-refractivity contribution in [3.63, 3.8) is 0 Å². The molecule has 2 aromatic rings. The number of likely N-dealkylation sites (tertiary alicyclic amines) is 1. The molecular formula is C22H27N3O4. The van der Waals surface area contributed by atoms with Gasteiger partial charge < -0.3 is 14.6 Å². The lowest BCUT2D eigenvalue weighted by Crippen LogP contribution is -2.44. The summed E-state index contributed by atoms with van der Waals surface area (Å²) >= 11 is 0. The fourth-order valence-corrected chi connectivity index (χ4v) is 3.88. The van der Waals surface area contributed by atoms with Crippen LogP contribution in [0.15, 0.2) is 47.1 Å². The molecule has 2 saturated heterocycles. The lowest BCUT2D eigenvalue weighted by Gasteiger charge is -2.32. The van der Waals surface area contributed by atoms with E-state index < -0.39 is 0 Å². The Morgan fingerprint density at radius 2 is 1.97 bits per heavy atom. The highest BCUT2D eigenvalue weighted by Gasteiger charge is 2.28. The van der Waals surface area contributed by atoms with E-state index in [-0.39, 0.29) is 17.7 Å². The smallest absolute Gasteiger partial charge is 0.229 e. The van der Waals surface area contributed by atoms with E-state index in [0.717, 1.165) is 56.0 Å². The van der Waals surface area contributed by atoms with Gasteiger partial charge in [-0.15, -0.1) is 0 Å². The number of rotatable bonds is 6. The Morgan fingerprint density at radius 1 is 1.10 bits per heavy atom. The second-order valence-corrected chi connectivity index (χ2v) is 7.59. The van der Waals surface area contributed by atoms with Crippen molar-refractivity contribution in [2.75, 3.05) is 38.1 Å². The van der Waals surface area contributed by atoms with Crippen molar-refractivity contribution in [1.82, 2.24) is 9.96 Å². The van der Waals surface area contributed by atoms with Gasteiger partial charge in [-0.1, -0.05) is 0 Å². The number of furan rings is 1. The number of piperidine rings is 1. The maximum Gasteiger partial charge on any atom is 0.229 e. The van der Waals surface area contributed by atoms with Gasteiger partial charge in [0.2, 0.25) is 11.8 Å². The van der Waals surface area contributed by atoms with Gasteiger partial charge in [0.25, 0.3) is 0 Å². The zero-order valence-corrected chi connectivity index (χ0v) is 16.5. The number of carbonyl (C=O) groups excluding carboxylic acids is 2. The lowest BCUT2D eigenvalue weighted by atomic mass is 9.96. The molecule has 3 heterocycles. The first-order chi connectivity index (χ1) is 14.2. The molecule has 154 valence electrons. The van der Waals surface area contributed by atoms with E-state index in [1.54, 1.807) is 6.26 Å². The molecule has 1 N–H and O–H groups in total. The molecule has 29 heavy (non-hydrogen) atoms. The van der Waals surface area contributed by atoms with Crippen LogP contribution in [0.3, 0.4) is 0 Å². The summed E-state index contributed by atoms with van der Waals surface area (Å²) in [4.78, 5) is 32.5. The van der Waals surface area contributed by atoms with Crippen molar-refractivity contribution in [1.29, 1.82) is 0 Å². The fourth-order valence-electron chi connectivity index (χ4n) is 3.88. The zero-order valence-electron chi connectivity index (χ0n) is 16.5. The van der Waals surface area contributed by atoms with Crippen molar-refractivity contribution in [3.05, 3.63) is 42.7 Å². The third-order valence-corrected chi connectivity index (χ3v) is 5.50. The quantitative estimate of drug-likeness (QED) is 0.810. The average molecular weight is 397 g/mol. The van der Waals surface area contributed by atoms with Crippen LogP contribution in [0.4, 0.5) is 5.69 Å². The Kier molecular flexibility index (Phi) is 6.27. The Balaban J connectivity index is 1.28. The number of hydroxylamine groups is 2. The van der Waals surface area contributed by atoms with E-state index >= 15 is 0 Å². The van der Waals surface area contributed by atoms with Gasteiger partial charge in [-0.2, -0.15) is 5.06 Å². The van der Waals surface area contributed by atoms with E-state index in [0.29, 0.717) is 19.5 Å². The van der Waals surface area contributed by atoms with Crippen molar-refractivity contribution in [3.8, 4) is 11.3 Å². The summed E-state index contributed by atoms with van der Waals surface area (Å²) in [7, 11) is 0. The van der Waals surface area contributed by atoms with Crippen molar-refractivity contribution in [2.24, 2.45) is 5.92 Å². The standard InChI is InChI=1S/C22H27N3O4/c26-21(10-13-25-12-3-15-29-25)24-11-1-4-18(16-24)22(27)23-19-8-6-17(7-9-19)20-5-2-14-28-20/h2,5-9,14,18H,1,3-4,10-13,15-16H2,(H,23,27). The zero-order chi connectivity index (χ0) is 20.1. The number of amides is 2. The minimum Gasteiger partial charge on any atom is -0.464 e. The minimum absolute atomic E-state index is 0.0314. The van der Waals surface area contributed by atoms with E-state index in [1.807, 2.05) is 46.4 Å². The van der Waals surface area contributed by atoms with Gasteiger partial charge in [-0.05, 0) is 55.7 Å². The number of nitrogens with one attached hydrogen (secondary N) is 1. The topological polar surface area (TPSA) is 75.0 Å². The highest BCUT2D eigenvalue weighted by atomic mass is 16.7. The lowest BCUT2D eigenvalue weighted by molar-refractivity contribution is -0.141. The first-order valence-corrected chi connectivity index (χ1v) is 10.3. The van der Waals surface area contributed by atoms with Gasteiger partial charge in [0, 0.05) is 43.9 Å². The van der Waals surface area contributed by atoms with E-state index in [2.05, 4.69) is 5.32 Å². The Bertz CT molecular complexity index is 813. The summed E-state index contributed by atoms with van der Waals surface area (Å²) in [6.07, 6.45) is 4.74. The molecule has 1 atom stereocenters. The molecule has 0 spiro atoms. The molecule has 1 aromatic heterocycles. The maximum absolute atomic E-state index is 12.7. The summed E-state index contributed by atoms with van der Waals surface area (Å²) in [5.74, 6) is 0.682. The summed E-state index contributed by atoms with van der Waals surface area (Å²) in [5, 5.41) is 4.84. The third-order valence-electron chi connectivity index (χ3n) is 5.50. The van der Waals surface area contributed by atoms with Gasteiger partial charge in [-0.3, -0.25) is 14.4 Å². The third kappa shape index (κ3) is 5.05. The summed E-state index contributed by atoms with van der Waals surface area (Å²) in [6.45, 7) is 3.45. The fraction of sp³-hybridized carbons (Fsp3) is 0.455. The van der Waals surface area contributed by atoms with Crippen LogP contribution in [0.5, 0.6) is 0 Å². The number of carbonyl (C=O) groups is 2. The number of hydrogen-bond donors (Lipinski definition) is 1. The van der Waals surface area contributed by atoms with Crippen LogP contribution < -0.4 is 5.32 Å². The van der Waals surface area contributed by atoms with E-state index in [1.165, 1.54) is 0 Å². The molecular weight excluding hydrogens is 370 g/mol. The first-order valence-electron chi connectivity index (χ1n) is 10.3. The SMILES string of the molecule is O=C(Nc1ccc(-c2ccco2)cc1)C1CCCN(C(=O)CCN2CCCO2)C1. The molecule has 0 saturated carbocycles. The number of nitrogens with zero attached hydrogens (tertiary/aromatic N) is 2. The molecule has 1 unspecified atom stereocenters. The predicted molar refractivity (Wildman–Crippen MR) is 109 cm³/mol. The average Bonchev–Trinajstić information content (AvgIpc) is 3.47. The van der Waals surface area contributed by atoms with Gasteiger partial charge in [-0.25, -0.2) is 0 Å². The molecule has 2 aliphatic heterocycles. The summed E-state index contributed by atoms with van der Waals surface area (Å²) in [5.41, 5.74) is 1.71. The molecule has 0 radical (unpaired) electrons. The Hall–Kier alpha value is -2.64. The van der Waals surface area contributed by atoms with Crippen LogP contribution in [0.1, 0.15) is 25.7 Å². The molecule has 2 fully saturated rings. The van der Waals surface area contributed by atoms with Gasteiger partial charge >= 0.3 is 0 Å². The van der Waals surface area contributed by atoms with Crippen LogP contribution in [0.2, 0.25) is 0 Å². The van der Waals surface area contributed by atoms with Crippen molar-refractivity contribution >= 4 is 17.5 Å². The number of hydrogen-bond acceptors (Lipinski definition) is 5. The van der Waals surface area contributed by atoms with Gasteiger partial charge in [0.05, 0.1) is 18.8 Å². The van der Waals surface area contributed by atoms with Gasteiger partial charge in [0.1, 0.15) is 5.76 Å².